The van der Waals surface area contributed by atoms with Gasteiger partial charge >= 0.3 is 5.51 Å². The summed E-state index contributed by atoms with van der Waals surface area (Å²) in [7, 11) is 0. The minimum Gasteiger partial charge on any atom is -0.351 e. The molecule has 1 aliphatic heterocycles. The number of carbonyl (C=O) groups excluding carboxylic acids is 2. The van der Waals surface area contributed by atoms with E-state index in [4.69, 9.17) is 11.6 Å². The van der Waals surface area contributed by atoms with Crippen LogP contribution in [0.1, 0.15) is 32.7 Å². The third-order valence-electron chi connectivity index (χ3n) is 6.01. The Hall–Kier alpha value is -2.72. The highest BCUT2D eigenvalue weighted by atomic mass is 35.5. The lowest BCUT2D eigenvalue weighted by Gasteiger charge is -2.16. The van der Waals surface area contributed by atoms with Gasteiger partial charge in [-0.25, -0.2) is 0 Å². The van der Waals surface area contributed by atoms with E-state index in [2.05, 4.69) is 10.4 Å². The van der Waals surface area contributed by atoms with Crippen LogP contribution >= 0.6 is 23.4 Å². The van der Waals surface area contributed by atoms with Crippen molar-refractivity contribution in [2.24, 2.45) is 5.92 Å². The second kappa shape index (κ2) is 10.5. The predicted molar refractivity (Wildman–Crippen MR) is 131 cm³/mol. The van der Waals surface area contributed by atoms with Crippen molar-refractivity contribution in [1.29, 1.82) is 0 Å². The van der Waals surface area contributed by atoms with Crippen LogP contribution in [0.4, 0.5) is 13.2 Å². The third-order valence-corrected chi connectivity index (χ3v) is 7.00. The van der Waals surface area contributed by atoms with Crippen molar-refractivity contribution < 1.29 is 22.8 Å². The molecule has 1 fully saturated rings. The van der Waals surface area contributed by atoms with E-state index in [0.29, 0.717) is 35.8 Å². The summed E-state index contributed by atoms with van der Waals surface area (Å²) in [5.41, 5.74) is -1.83. The minimum atomic E-state index is -4.31. The molecule has 0 radical (unpaired) electrons. The maximum Gasteiger partial charge on any atom is 0.441 e. The number of aromatic nitrogens is 2. The molecule has 1 aliphatic rings. The highest BCUT2D eigenvalue weighted by molar-refractivity contribution is 8.00. The number of aryl methyl sites for hydroxylation is 1. The Kier molecular flexibility index (Phi) is 7.61. The largest absolute Gasteiger partial charge is 0.441 e. The summed E-state index contributed by atoms with van der Waals surface area (Å²) in [6, 6.07) is 10.2. The highest BCUT2D eigenvalue weighted by Crippen LogP contribution is 2.29. The van der Waals surface area contributed by atoms with Crippen LogP contribution in [-0.4, -0.2) is 57.4 Å². The van der Waals surface area contributed by atoms with Crippen molar-refractivity contribution in [3.8, 4) is 0 Å². The van der Waals surface area contributed by atoms with Gasteiger partial charge in [0.2, 0.25) is 0 Å². The van der Waals surface area contributed by atoms with Crippen molar-refractivity contribution >= 4 is 46.1 Å². The monoisotopic (exact) mass is 524 g/mol. The van der Waals surface area contributed by atoms with Crippen molar-refractivity contribution in [3.05, 3.63) is 64.3 Å². The highest BCUT2D eigenvalue weighted by Gasteiger charge is 2.28. The Morgan fingerprint density at radius 3 is 2.66 bits per heavy atom. The molecule has 0 saturated carbocycles. The molecule has 2 aromatic carbocycles. The summed E-state index contributed by atoms with van der Waals surface area (Å²) >= 11 is 5.75. The normalized spacial score (nSPS) is 16.1. The maximum atomic E-state index is 12.8. The van der Waals surface area contributed by atoms with E-state index in [-0.39, 0.29) is 35.9 Å². The second-order valence-electron chi connectivity index (χ2n) is 8.48. The Balaban J connectivity index is 1.37. The average Bonchev–Trinajstić information content (AvgIpc) is 3.44. The van der Waals surface area contributed by atoms with Gasteiger partial charge in [0.1, 0.15) is 0 Å². The van der Waals surface area contributed by atoms with Gasteiger partial charge in [-0.2, -0.15) is 18.3 Å². The molecular weight excluding hydrogens is 501 g/mol. The van der Waals surface area contributed by atoms with Gasteiger partial charge in [-0.3, -0.25) is 14.3 Å². The smallest absolute Gasteiger partial charge is 0.351 e. The van der Waals surface area contributed by atoms with Crippen molar-refractivity contribution in [2.75, 3.05) is 25.4 Å². The van der Waals surface area contributed by atoms with Crippen LogP contribution in [0.15, 0.2) is 42.6 Å². The molecule has 3 aromatic rings. The maximum absolute atomic E-state index is 12.8. The van der Waals surface area contributed by atoms with Crippen LogP contribution in [0, 0.1) is 12.8 Å². The molecule has 0 spiro atoms. The standard InChI is InChI=1S/C24H24ClF3N4O2S/c1-15-19(22(33)29-9-11-35-24(26,27)28)6-7-21-20(15)14-32(30-21)13-16-8-10-31(12-16)23(34)17-2-4-18(25)5-3-17/h2-7,14,16H,8-13H2,1H3,(H,29,33)/t16-/m1/s1. The number of thioether (sulfide) groups is 1. The van der Waals surface area contributed by atoms with Crippen LogP contribution < -0.4 is 5.32 Å². The lowest BCUT2D eigenvalue weighted by Crippen LogP contribution is -2.29. The number of alkyl halides is 3. The number of benzene rings is 2. The van der Waals surface area contributed by atoms with Crippen molar-refractivity contribution in [3.63, 3.8) is 0 Å². The zero-order valence-corrected chi connectivity index (χ0v) is 20.5. The first kappa shape index (κ1) is 25.4. The summed E-state index contributed by atoms with van der Waals surface area (Å²) in [5, 5.41) is 8.56. The van der Waals surface area contributed by atoms with E-state index in [0.717, 1.165) is 22.9 Å². The molecule has 2 heterocycles. The van der Waals surface area contributed by atoms with Gasteiger partial charge in [0, 0.05) is 59.7 Å². The van der Waals surface area contributed by atoms with Crippen LogP contribution in [0.5, 0.6) is 0 Å². The lowest BCUT2D eigenvalue weighted by molar-refractivity contribution is -0.0327. The number of carbonyl (C=O) groups is 2. The summed E-state index contributed by atoms with van der Waals surface area (Å²) < 4.78 is 38.6. The molecule has 6 nitrogen and oxygen atoms in total. The summed E-state index contributed by atoms with van der Waals surface area (Å²) in [6.07, 6.45) is 2.74. The third kappa shape index (κ3) is 6.29. The Morgan fingerprint density at radius 1 is 1.20 bits per heavy atom. The molecule has 35 heavy (non-hydrogen) atoms. The van der Waals surface area contributed by atoms with Gasteiger partial charge in [-0.1, -0.05) is 11.6 Å². The molecule has 2 amide bonds. The van der Waals surface area contributed by atoms with Gasteiger partial charge in [-0.15, -0.1) is 0 Å². The Morgan fingerprint density at radius 2 is 1.94 bits per heavy atom. The zero-order valence-electron chi connectivity index (χ0n) is 18.9. The molecule has 0 aliphatic carbocycles. The zero-order chi connectivity index (χ0) is 25.2. The molecule has 1 atom stereocenters. The summed E-state index contributed by atoms with van der Waals surface area (Å²) in [4.78, 5) is 27.1. The molecule has 0 bridgehead atoms. The summed E-state index contributed by atoms with van der Waals surface area (Å²) in [5.74, 6) is -0.426. The predicted octanol–water partition coefficient (Wildman–Crippen LogP) is 5.14. The average molecular weight is 525 g/mol. The number of hydrogen-bond acceptors (Lipinski definition) is 4. The van der Waals surface area contributed by atoms with Crippen LogP contribution in [-0.2, 0) is 6.54 Å². The minimum absolute atomic E-state index is 0.0186. The quantitative estimate of drug-likeness (QED) is 0.434. The van der Waals surface area contributed by atoms with Gasteiger partial charge in [0.15, 0.2) is 0 Å². The number of fused-ring (bicyclic) bond motifs is 1. The molecule has 186 valence electrons. The van der Waals surface area contributed by atoms with Gasteiger partial charge in [0.25, 0.3) is 11.8 Å². The molecular formula is C24H24ClF3N4O2S. The van der Waals surface area contributed by atoms with Crippen molar-refractivity contribution in [1.82, 2.24) is 20.0 Å². The molecule has 1 N–H and O–H groups in total. The number of halogens is 4. The van der Waals surface area contributed by atoms with E-state index in [1.807, 2.05) is 15.8 Å². The fourth-order valence-electron chi connectivity index (χ4n) is 4.25. The molecule has 1 saturated heterocycles. The number of rotatable bonds is 7. The topological polar surface area (TPSA) is 67.2 Å². The summed E-state index contributed by atoms with van der Waals surface area (Å²) in [6.45, 7) is 3.65. The van der Waals surface area contributed by atoms with E-state index in [1.165, 1.54) is 0 Å². The van der Waals surface area contributed by atoms with E-state index >= 15 is 0 Å². The Bertz CT molecular complexity index is 1230. The molecule has 4 rings (SSSR count). The molecule has 0 unspecified atom stereocenters. The molecule has 1 aromatic heterocycles. The van der Waals surface area contributed by atoms with Gasteiger partial charge in [-0.05, 0) is 73.0 Å². The number of hydrogen-bond donors (Lipinski definition) is 1. The van der Waals surface area contributed by atoms with Crippen LogP contribution in [0.3, 0.4) is 0 Å². The van der Waals surface area contributed by atoms with Crippen LogP contribution in [0.25, 0.3) is 10.9 Å². The number of amides is 2. The van der Waals surface area contributed by atoms with Gasteiger partial charge in [0.05, 0.1) is 5.52 Å². The Labute approximate surface area is 209 Å². The first-order chi connectivity index (χ1) is 16.6. The van der Waals surface area contributed by atoms with E-state index < -0.39 is 11.4 Å². The first-order valence-electron chi connectivity index (χ1n) is 11.1. The van der Waals surface area contributed by atoms with Crippen LogP contribution in [0.2, 0.25) is 5.02 Å². The van der Waals surface area contributed by atoms with E-state index in [1.54, 1.807) is 43.3 Å². The fraction of sp³-hybridized carbons (Fsp3) is 0.375. The first-order valence-corrected chi connectivity index (χ1v) is 12.5. The molecule has 11 heteroatoms. The second-order valence-corrected chi connectivity index (χ2v) is 10.1. The van der Waals surface area contributed by atoms with Crippen molar-refractivity contribution in [2.45, 2.75) is 25.4 Å². The SMILES string of the molecule is Cc1c(C(=O)NCCSC(F)(F)F)ccc2nn(C[C@@H]3CCN(C(=O)c4ccc(Cl)cc4)C3)cc12. The number of nitrogens with zero attached hydrogens (tertiary/aromatic N) is 3. The lowest BCUT2D eigenvalue weighted by atomic mass is 10.0. The van der Waals surface area contributed by atoms with E-state index in [9.17, 15) is 22.8 Å². The fourth-order valence-corrected chi connectivity index (χ4v) is 4.81. The number of nitrogens with one attached hydrogen (secondary N) is 1. The van der Waals surface area contributed by atoms with Gasteiger partial charge < -0.3 is 10.2 Å². The number of likely N-dealkylation sites (tertiary alicyclic amines) is 1.